The molecule has 0 spiro atoms. The van der Waals surface area contributed by atoms with E-state index < -0.39 is 0 Å². The summed E-state index contributed by atoms with van der Waals surface area (Å²) < 4.78 is 14.5. The van der Waals surface area contributed by atoms with Crippen molar-refractivity contribution in [1.29, 1.82) is 0 Å². The number of benzene rings is 21. The van der Waals surface area contributed by atoms with Crippen molar-refractivity contribution in [2.75, 3.05) is 0 Å². The van der Waals surface area contributed by atoms with Crippen molar-refractivity contribution in [3.63, 3.8) is 0 Å². The van der Waals surface area contributed by atoms with Crippen LogP contribution in [0, 0.1) is 0 Å². The van der Waals surface area contributed by atoms with Gasteiger partial charge in [0.05, 0.1) is 77.6 Å². The molecular weight excluding hydrogens is 1670 g/mol. The van der Waals surface area contributed by atoms with Crippen LogP contribution in [-0.2, 0) is 0 Å². The molecule has 28 aromatic rings. The Balaban J connectivity index is 0.593. The van der Waals surface area contributed by atoms with E-state index in [9.17, 15) is 0 Å². The van der Waals surface area contributed by atoms with E-state index in [-0.39, 0.29) is 0 Å². The maximum absolute atomic E-state index is 5.74. The van der Waals surface area contributed by atoms with Crippen LogP contribution < -0.4 is 0 Å². The number of para-hydroxylation sites is 8. The van der Waals surface area contributed by atoms with E-state index in [1.54, 1.807) is 0 Å². The third-order valence-corrected chi connectivity index (χ3v) is 28.6. The van der Waals surface area contributed by atoms with Gasteiger partial charge in [0, 0.05) is 115 Å². The van der Waals surface area contributed by atoms with Crippen molar-refractivity contribution >= 4 is 131 Å². The Kier molecular flexibility index (Phi) is 17.9. The molecule has 0 aliphatic heterocycles. The highest BCUT2D eigenvalue weighted by Crippen LogP contribution is 2.47. The summed E-state index contributed by atoms with van der Waals surface area (Å²) in [6.45, 7) is 0. The topological polar surface area (TPSA) is 55.4 Å². The molecule has 138 heavy (non-hydrogen) atoms. The van der Waals surface area contributed by atoms with Gasteiger partial charge in [0.2, 0.25) is 0 Å². The third-order valence-electron chi connectivity index (χ3n) is 28.6. The van der Waals surface area contributed by atoms with Gasteiger partial charge in [-0.1, -0.05) is 291 Å². The van der Waals surface area contributed by atoms with Gasteiger partial charge >= 0.3 is 0 Å². The number of hydrogen-bond acceptors (Lipinski definition) is 2. The highest BCUT2D eigenvalue weighted by Gasteiger charge is 2.26. The Bertz CT molecular complexity index is 8860. The van der Waals surface area contributed by atoms with Gasteiger partial charge in [0.25, 0.3) is 0 Å². The van der Waals surface area contributed by atoms with Gasteiger partial charge in [-0.05, 0) is 273 Å². The largest absolute Gasteiger partial charge is 0.309 e. The van der Waals surface area contributed by atoms with E-state index in [1.807, 2.05) is 0 Å². The van der Waals surface area contributed by atoms with Crippen LogP contribution in [0.25, 0.3) is 266 Å². The average molecular weight is 1760 g/mol. The zero-order valence-electron chi connectivity index (χ0n) is 74.9. The highest BCUT2D eigenvalue weighted by molar-refractivity contribution is 6.18. The molecule has 7 heterocycles. The molecule has 0 aliphatic rings. The summed E-state index contributed by atoms with van der Waals surface area (Å²) >= 11 is 0. The molecule has 0 radical (unpaired) electrons. The van der Waals surface area contributed by atoms with E-state index in [1.165, 1.54) is 87.2 Å². The van der Waals surface area contributed by atoms with Crippen LogP contribution in [-0.4, -0.2) is 37.4 Å². The minimum absolute atomic E-state index is 0.625. The summed E-state index contributed by atoms with van der Waals surface area (Å²) in [5.41, 5.74) is 38.4. The van der Waals surface area contributed by atoms with Crippen LogP contribution in [0.1, 0.15) is 0 Å². The second kappa shape index (κ2) is 31.6. The third kappa shape index (κ3) is 12.7. The number of fused-ring (bicyclic) bond motifs is 18. The SMILES string of the molecule is c1ccc(-c2ccc(-c3ccccc3)c(-c3nc(-c4ccc(-n5c6ccc(-c7ccc8c(c7)c7ccccc7n8-c7ccccc7)cc6c6cc(-c7ccc8c(c7)c7ccccc7n8-c7ccccc7)ccc65)cc4)cc(-c4ccc(-n5c6ccc(-c7ccc8c(c7)c7ccccc7n8-c7ccccc7)cc6c6cc(-c7ccc8c(c7)c7ccccc7n8-c7ccccc7)ccc65)cc4)n3)c2)cc1. The lowest BCUT2D eigenvalue weighted by molar-refractivity contribution is 1.16. The quantitative estimate of drug-likeness (QED) is 0.103. The molecule has 7 aromatic heterocycles. The summed E-state index contributed by atoms with van der Waals surface area (Å²) in [5.74, 6) is 0.625. The van der Waals surface area contributed by atoms with E-state index in [4.69, 9.17) is 9.97 Å². The second-order valence-electron chi connectivity index (χ2n) is 36.3. The van der Waals surface area contributed by atoms with Crippen LogP contribution in [0.3, 0.4) is 0 Å². The molecule has 0 aliphatic carbocycles. The lowest BCUT2D eigenvalue weighted by Crippen LogP contribution is -1.99. The molecule has 21 aromatic carbocycles. The standard InChI is InChI=1S/C130H82N8/c1-7-27-83(28-8-1)87-51-64-102(84-29-9-2-10-30-84)115(81-87)130-131-116(85-47-60-100(61-48-85)137-126-69-56-92(88-52-65-122-107(73-88)103-39-19-23-43-118(103)133(122)96-31-11-3-12-32-96)77-111(126)112-78-93(57-70-127(112)137)89-53-66-123-108(74-89)104-40-20-24-44-119(104)134(123)97-33-13-4-14-34-97)82-117(132-130)86-49-62-101(63-50-86)138-128-71-58-94(90-54-67-124-109(75-90)105-41-21-25-45-120(105)135(124)98-35-15-5-16-36-98)79-113(128)114-80-95(59-72-129(114)138)91-55-68-125-110(76-91)106-42-22-26-46-121(106)136(125)99-37-17-6-18-38-99/h1-82H. The Hall–Kier alpha value is -18.5. The second-order valence-corrected chi connectivity index (χ2v) is 36.3. The van der Waals surface area contributed by atoms with E-state index in [0.717, 1.165) is 173 Å². The summed E-state index contributed by atoms with van der Waals surface area (Å²) in [5, 5.41) is 14.4. The van der Waals surface area contributed by atoms with Crippen LogP contribution in [0.4, 0.5) is 0 Å². The normalized spacial score (nSPS) is 11.9. The van der Waals surface area contributed by atoms with Gasteiger partial charge in [-0.25, -0.2) is 9.97 Å². The lowest BCUT2D eigenvalue weighted by atomic mass is 9.94. The molecule has 0 unspecified atom stereocenters. The van der Waals surface area contributed by atoms with Gasteiger partial charge in [-0.15, -0.1) is 0 Å². The van der Waals surface area contributed by atoms with Crippen molar-refractivity contribution in [3.05, 3.63) is 497 Å². The molecule has 0 N–H and O–H groups in total. The molecule has 0 atom stereocenters. The molecule has 0 amide bonds. The van der Waals surface area contributed by atoms with Crippen molar-refractivity contribution in [2.45, 2.75) is 0 Å². The summed E-state index contributed by atoms with van der Waals surface area (Å²) in [6, 6.07) is 183. The van der Waals surface area contributed by atoms with Crippen LogP contribution in [0.15, 0.2) is 497 Å². The maximum Gasteiger partial charge on any atom is 0.161 e. The Labute approximate surface area is 794 Å². The molecule has 8 heteroatoms. The predicted octanol–water partition coefficient (Wildman–Crippen LogP) is 34.1. The van der Waals surface area contributed by atoms with Gasteiger partial charge < -0.3 is 27.4 Å². The highest BCUT2D eigenvalue weighted by atomic mass is 15.0. The van der Waals surface area contributed by atoms with E-state index in [2.05, 4.69) is 525 Å². The van der Waals surface area contributed by atoms with Crippen molar-refractivity contribution in [3.8, 4) is 135 Å². The molecule has 28 rings (SSSR count). The number of rotatable bonds is 15. The van der Waals surface area contributed by atoms with Crippen LogP contribution in [0.2, 0.25) is 0 Å². The van der Waals surface area contributed by atoms with Crippen LogP contribution in [0.5, 0.6) is 0 Å². The van der Waals surface area contributed by atoms with Crippen LogP contribution >= 0.6 is 0 Å². The van der Waals surface area contributed by atoms with Gasteiger partial charge in [0.15, 0.2) is 5.82 Å². The first-order valence-electron chi connectivity index (χ1n) is 47.3. The van der Waals surface area contributed by atoms with Crippen molar-refractivity contribution < 1.29 is 0 Å². The molecule has 0 bridgehead atoms. The molecule has 0 fully saturated rings. The van der Waals surface area contributed by atoms with Crippen molar-refractivity contribution in [1.82, 2.24) is 37.4 Å². The Morgan fingerprint density at radius 1 is 0.116 bits per heavy atom. The summed E-state index contributed by atoms with van der Waals surface area (Å²) in [7, 11) is 0. The monoisotopic (exact) mass is 1750 g/mol. The van der Waals surface area contributed by atoms with Gasteiger partial charge in [-0.2, -0.15) is 0 Å². The number of hydrogen-bond donors (Lipinski definition) is 0. The summed E-state index contributed by atoms with van der Waals surface area (Å²) in [6.07, 6.45) is 0. The van der Waals surface area contributed by atoms with Crippen molar-refractivity contribution in [2.24, 2.45) is 0 Å². The lowest BCUT2D eigenvalue weighted by Gasteiger charge is -2.15. The molecule has 0 saturated heterocycles. The first-order valence-corrected chi connectivity index (χ1v) is 47.3. The minimum atomic E-state index is 0.625. The number of aromatic nitrogens is 8. The van der Waals surface area contributed by atoms with Gasteiger partial charge in [-0.3, -0.25) is 0 Å². The predicted molar refractivity (Wildman–Crippen MR) is 577 cm³/mol. The van der Waals surface area contributed by atoms with Gasteiger partial charge in [0.1, 0.15) is 0 Å². The average Bonchev–Trinajstić information content (AvgIpc) is 1.59. The smallest absolute Gasteiger partial charge is 0.161 e. The summed E-state index contributed by atoms with van der Waals surface area (Å²) in [4.78, 5) is 11.5. The fourth-order valence-electron chi connectivity index (χ4n) is 22.2. The first kappa shape index (κ1) is 78.2. The zero-order valence-corrected chi connectivity index (χ0v) is 74.9. The van der Waals surface area contributed by atoms with E-state index >= 15 is 0 Å². The first-order chi connectivity index (χ1) is 68.4. The Morgan fingerprint density at radius 2 is 0.312 bits per heavy atom. The molecular formula is C130H82N8. The number of nitrogens with zero attached hydrogens (tertiary/aromatic N) is 8. The fourth-order valence-corrected chi connectivity index (χ4v) is 22.2. The molecule has 0 saturated carbocycles. The minimum Gasteiger partial charge on any atom is -0.309 e. The maximum atomic E-state index is 5.74. The zero-order chi connectivity index (χ0) is 90.6. The molecule has 642 valence electrons. The molecule has 8 nitrogen and oxygen atoms in total. The Morgan fingerprint density at radius 3 is 0.580 bits per heavy atom. The van der Waals surface area contributed by atoms with E-state index in [0.29, 0.717) is 5.82 Å². The fraction of sp³-hybridized carbons (Fsp3) is 0.